The van der Waals surface area contributed by atoms with Gasteiger partial charge in [-0.25, -0.2) is 9.78 Å². The first-order valence-electron chi connectivity index (χ1n) is 7.14. The maximum atomic E-state index is 11.8. The van der Waals surface area contributed by atoms with Crippen molar-refractivity contribution in [1.29, 1.82) is 0 Å². The third-order valence-electron chi connectivity index (χ3n) is 3.87. The van der Waals surface area contributed by atoms with Crippen LogP contribution in [0, 0.1) is 5.92 Å². The number of nitrogen functional groups attached to an aromatic ring is 1. The molecule has 1 heterocycles. The predicted octanol–water partition coefficient (Wildman–Crippen LogP) is 2.80. The fraction of sp³-hybridized carbons (Fsp3) is 0.600. The van der Waals surface area contributed by atoms with Crippen LogP contribution in [0.25, 0.3) is 0 Å². The molecule has 0 amide bonds. The molecule has 2 unspecified atom stereocenters. The number of nitrogens with zero attached hydrogens (tertiary/aromatic N) is 1. The molecule has 2 atom stereocenters. The van der Waals surface area contributed by atoms with Gasteiger partial charge in [-0.3, -0.25) is 0 Å². The van der Waals surface area contributed by atoms with E-state index in [0.717, 1.165) is 19.3 Å². The summed E-state index contributed by atoms with van der Waals surface area (Å²) < 4.78 is 10.7. The van der Waals surface area contributed by atoms with Crippen LogP contribution in [0.1, 0.15) is 49.4 Å². The Morgan fingerprint density at radius 2 is 2.30 bits per heavy atom. The van der Waals surface area contributed by atoms with Crippen LogP contribution in [0.5, 0.6) is 5.88 Å². The lowest BCUT2D eigenvalue weighted by Crippen LogP contribution is -2.26. The van der Waals surface area contributed by atoms with Gasteiger partial charge in [-0.05, 0) is 31.2 Å². The molecule has 1 aromatic rings. The molecule has 110 valence electrons. The van der Waals surface area contributed by atoms with Gasteiger partial charge in [0.2, 0.25) is 5.88 Å². The summed E-state index contributed by atoms with van der Waals surface area (Å²) in [6, 6.07) is 1.55. The van der Waals surface area contributed by atoms with Gasteiger partial charge in [0.1, 0.15) is 11.7 Å². The van der Waals surface area contributed by atoms with E-state index in [2.05, 4.69) is 11.9 Å². The van der Waals surface area contributed by atoms with Crippen molar-refractivity contribution in [2.75, 3.05) is 12.8 Å². The number of hydrogen-bond acceptors (Lipinski definition) is 5. The Kier molecular flexibility index (Phi) is 4.82. The largest absolute Gasteiger partial charge is 0.474 e. The number of carbonyl (C=O) groups excluding carboxylic acids is 1. The van der Waals surface area contributed by atoms with Crippen molar-refractivity contribution in [3.05, 3.63) is 17.8 Å². The zero-order valence-corrected chi connectivity index (χ0v) is 12.1. The SMILES string of the molecule is CCC1CCCC(Oc2ncc(N)cc2C(=O)OC)C1. The molecule has 1 aliphatic carbocycles. The molecule has 1 aliphatic rings. The molecule has 1 aromatic heterocycles. The molecular weight excluding hydrogens is 256 g/mol. The molecule has 5 nitrogen and oxygen atoms in total. The van der Waals surface area contributed by atoms with Crippen LogP contribution >= 0.6 is 0 Å². The Morgan fingerprint density at radius 3 is 3.00 bits per heavy atom. The van der Waals surface area contributed by atoms with E-state index in [1.54, 1.807) is 6.07 Å². The Morgan fingerprint density at radius 1 is 1.50 bits per heavy atom. The highest BCUT2D eigenvalue weighted by molar-refractivity contribution is 5.92. The summed E-state index contributed by atoms with van der Waals surface area (Å²) in [6.45, 7) is 2.20. The first-order valence-corrected chi connectivity index (χ1v) is 7.14. The lowest BCUT2D eigenvalue weighted by Gasteiger charge is -2.28. The van der Waals surface area contributed by atoms with Crippen molar-refractivity contribution in [3.63, 3.8) is 0 Å². The number of nitrogens with two attached hydrogens (primary N) is 1. The van der Waals surface area contributed by atoms with Crippen LogP contribution in [0.2, 0.25) is 0 Å². The van der Waals surface area contributed by atoms with Crippen LogP contribution in [0.15, 0.2) is 12.3 Å². The first-order chi connectivity index (χ1) is 9.63. The summed E-state index contributed by atoms with van der Waals surface area (Å²) in [5.74, 6) is 0.555. The Labute approximate surface area is 119 Å². The summed E-state index contributed by atoms with van der Waals surface area (Å²) in [6.07, 6.45) is 7.22. The van der Waals surface area contributed by atoms with E-state index in [0.29, 0.717) is 23.0 Å². The number of hydrogen-bond donors (Lipinski definition) is 1. The highest BCUT2D eigenvalue weighted by Gasteiger charge is 2.24. The lowest BCUT2D eigenvalue weighted by atomic mass is 9.85. The first kappa shape index (κ1) is 14.6. The molecule has 1 fully saturated rings. The summed E-state index contributed by atoms with van der Waals surface area (Å²) in [5, 5.41) is 0. The minimum Gasteiger partial charge on any atom is -0.474 e. The molecule has 20 heavy (non-hydrogen) atoms. The number of carbonyl (C=O) groups is 1. The van der Waals surface area contributed by atoms with Crippen LogP contribution in [-0.2, 0) is 4.74 Å². The zero-order valence-electron chi connectivity index (χ0n) is 12.1. The Bertz CT molecular complexity index is 476. The molecule has 0 aliphatic heterocycles. The molecule has 2 rings (SSSR count). The summed E-state index contributed by atoms with van der Waals surface area (Å²) in [5.41, 5.74) is 6.39. The third-order valence-corrected chi connectivity index (χ3v) is 3.87. The number of ether oxygens (including phenoxy) is 2. The average Bonchev–Trinajstić information content (AvgIpc) is 2.48. The average molecular weight is 278 g/mol. The minimum atomic E-state index is -0.470. The molecule has 0 bridgehead atoms. The van der Waals surface area contributed by atoms with Gasteiger partial charge < -0.3 is 15.2 Å². The number of esters is 1. The van der Waals surface area contributed by atoms with Crippen molar-refractivity contribution in [3.8, 4) is 5.88 Å². The van der Waals surface area contributed by atoms with Gasteiger partial charge >= 0.3 is 5.97 Å². The monoisotopic (exact) mass is 278 g/mol. The summed E-state index contributed by atoms with van der Waals surface area (Å²) in [7, 11) is 1.34. The molecule has 1 saturated carbocycles. The smallest absolute Gasteiger partial charge is 0.343 e. The summed E-state index contributed by atoms with van der Waals surface area (Å²) in [4.78, 5) is 15.9. The number of methoxy groups -OCH3 is 1. The molecule has 2 N–H and O–H groups in total. The second-order valence-corrected chi connectivity index (χ2v) is 5.29. The molecule has 0 aromatic carbocycles. The molecular formula is C15H22N2O3. The van der Waals surface area contributed by atoms with Crippen LogP contribution in [0.4, 0.5) is 5.69 Å². The topological polar surface area (TPSA) is 74.4 Å². The van der Waals surface area contributed by atoms with E-state index in [4.69, 9.17) is 15.2 Å². The van der Waals surface area contributed by atoms with Crippen molar-refractivity contribution in [2.45, 2.75) is 45.1 Å². The Balaban J connectivity index is 2.14. The van der Waals surface area contributed by atoms with E-state index in [-0.39, 0.29) is 6.10 Å². The van der Waals surface area contributed by atoms with E-state index in [9.17, 15) is 4.79 Å². The van der Waals surface area contributed by atoms with Crippen LogP contribution in [0.3, 0.4) is 0 Å². The summed E-state index contributed by atoms with van der Waals surface area (Å²) >= 11 is 0. The van der Waals surface area contributed by atoms with Gasteiger partial charge in [0.05, 0.1) is 19.0 Å². The quantitative estimate of drug-likeness (QED) is 0.857. The van der Waals surface area contributed by atoms with E-state index in [1.807, 2.05) is 0 Å². The number of rotatable bonds is 4. The number of anilines is 1. The normalized spacial score (nSPS) is 22.3. The van der Waals surface area contributed by atoms with Crippen molar-refractivity contribution >= 4 is 11.7 Å². The van der Waals surface area contributed by atoms with Crippen molar-refractivity contribution in [2.24, 2.45) is 5.92 Å². The highest BCUT2D eigenvalue weighted by atomic mass is 16.5. The van der Waals surface area contributed by atoms with E-state index in [1.165, 1.54) is 26.1 Å². The van der Waals surface area contributed by atoms with E-state index >= 15 is 0 Å². The van der Waals surface area contributed by atoms with Crippen molar-refractivity contribution < 1.29 is 14.3 Å². The second-order valence-electron chi connectivity index (χ2n) is 5.29. The zero-order chi connectivity index (χ0) is 14.5. The number of pyridine rings is 1. The standard InChI is InChI=1S/C15H22N2O3/c1-3-10-5-4-6-12(7-10)20-14-13(15(18)19-2)8-11(16)9-17-14/h8-10,12H,3-7,16H2,1-2H3. The van der Waals surface area contributed by atoms with Gasteiger partial charge in [0, 0.05) is 0 Å². The second kappa shape index (κ2) is 6.59. The third kappa shape index (κ3) is 3.40. The number of aromatic nitrogens is 1. The van der Waals surface area contributed by atoms with Gasteiger partial charge in [0.25, 0.3) is 0 Å². The lowest BCUT2D eigenvalue weighted by molar-refractivity contribution is 0.0584. The molecule has 0 saturated heterocycles. The fourth-order valence-electron chi connectivity index (χ4n) is 2.70. The highest BCUT2D eigenvalue weighted by Crippen LogP contribution is 2.30. The van der Waals surface area contributed by atoms with Crippen LogP contribution in [-0.4, -0.2) is 24.2 Å². The molecule has 0 radical (unpaired) electrons. The van der Waals surface area contributed by atoms with E-state index < -0.39 is 5.97 Å². The predicted molar refractivity (Wildman–Crippen MR) is 76.7 cm³/mol. The van der Waals surface area contributed by atoms with Gasteiger partial charge in [-0.2, -0.15) is 0 Å². The van der Waals surface area contributed by atoms with Gasteiger partial charge in [-0.1, -0.05) is 19.8 Å². The van der Waals surface area contributed by atoms with Crippen LogP contribution < -0.4 is 10.5 Å². The fourth-order valence-corrected chi connectivity index (χ4v) is 2.70. The molecule has 5 heteroatoms. The maximum Gasteiger partial charge on any atom is 0.343 e. The molecule has 0 spiro atoms. The maximum absolute atomic E-state index is 11.8. The minimum absolute atomic E-state index is 0.119. The Hall–Kier alpha value is -1.78. The van der Waals surface area contributed by atoms with Gasteiger partial charge in [0.15, 0.2) is 0 Å². The van der Waals surface area contributed by atoms with Crippen molar-refractivity contribution in [1.82, 2.24) is 4.98 Å². The van der Waals surface area contributed by atoms with Gasteiger partial charge in [-0.15, -0.1) is 0 Å².